The van der Waals surface area contributed by atoms with E-state index in [1.54, 1.807) is 7.05 Å². The van der Waals surface area contributed by atoms with Crippen molar-refractivity contribution in [1.29, 1.82) is 0 Å². The molecule has 0 bridgehead atoms. The Morgan fingerprint density at radius 2 is 1.70 bits per heavy atom. The van der Waals surface area contributed by atoms with Crippen molar-refractivity contribution in [3.63, 3.8) is 0 Å². The summed E-state index contributed by atoms with van der Waals surface area (Å²) in [6, 6.07) is 19.5. The van der Waals surface area contributed by atoms with Crippen molar-refractivity contribution in [2.24, 2.45) is 7.05 Å². The number of aryl methyl sites for hydroxylation is 3. The van der Waals surface area contributed by atoms with Gasteiger partial charge in [0.2, 0.25) is 0 Å². The Hall–Kier alpha value is -3.38. The highest BCUT2D eigenvalue weighted by molar-refractivity contribution is 6.30. The summed E-state index contributed by atoms with van der Waals surface area (Å²) < 4.78 is 8.69. The molecule has 0 spiro atoms. The highest BCUT2D eigenvalue weighted by atomic mass is 35.5. The van der Waals surface area contributed by atoms with Gasteiger partial charge in [-0.2, -0.15) is 9.36 Å². The Labute approximate surface area is 179 Å². The molecule has 3 aromatic carbocycles. The fraction of sp³-hybridized carbons (Fsp3) is 0.174. The standard InChI is InChI=1S/C23H21ClN4O2/c1-15-6-4-9-21(28-23(29)27(3)25-26-28)20(15)14-30-22-13-18(11-10-16(22)2)17-7-5-8-19(24)12-17/h4-13H,14H2,1-3H3. The monoisotopic (exact) mass is 420 g/mol. The molecule has 0 atom stereocenters. The van der Waals surface area contributed by atoms with Crippen molar-refractivity contribution in [3.8, 4) is 22.6 Å². The third-order valence-electron chi connectivity index (χ3n) is 5.05. The molecule has 152 valence electrons. The fourth-order valence-electron chi connectivity index (χ4n) is 3.29. The van der Waals surface area contributed by atoms with Crippen LogP contribution in [0.25, 0.3) is 16.8 Å². The van der Waals surface area contributed by atoms with Crippen molar-refractivity contribution in [3.05, 3.63) is 92.9 Å². The second-order valence-corrected chi connectivity index (χ2v) is 7.59. The van der Waals surface area contributed by atoms with E-state index in [0.717, 1.165) is 33.6 Å². The molecule has 0 fully saturated rings. The minimum absolute atomic E-state index is 0.296. The average molecular weight is 421 g/mol. The summed E-state index contributed by atoms with van der Waals surface area (Å²) in [6.45, 7) is 4.28. The lowest BCUT2D eigenvalue weighted by Crippen LogP contribution is -2.23. The largest absolute Gasteiger partial charge is 0.489 e. The molecule has 0 aliphatic heterocycles. The van der Waals surface area contributed by atoms with E-state index in [4.69, 9.17) is 16.3 Å². The Morgan fingerprint density at radius 1 is 0.933 bits per heavy atom. The van der Waals surface area contributed by atoms with Gasteiger partial charge in [-0.15, -0.1) is 0 Å². The van der Waals surface area contributed by atoms with E-state index >= 15 is 0 Å². The van der Waals surface area contributed by atoms with Crippen LogP contribution in [-0.4, -0.2) is 19.8 Å². The maximum atomic E-state index is 12.3. The lowest BCUT2D eigenvalue weighted by Gasteiger charge is -2.15. The highest BCUT2D eigenvalue weighted by Crippen LogP contribution is 2.29. The molecule has 0 aliphatic carbocycles. The van der Waals surface area contributed by atoms with Crippen LogP contribution < -0.4 is 10.4 Å². The van der Waals surface area contributed by atoms with Crippen molar-refractivity contribution in [1.82, 2.24) is 19.8 Å². The molecule has 0 aliphatic rings. The van der Waals surface area contributed by atoms with Gasteiger partial charge in [0.05, 0.1) is 5.69 Å². The zero-order valence-corrected chi connectivity index (χ0v) is 17.7. The van der Waals surface area contributed by atoms with E-state index in [9.17, 15) is 4.79 Å². The van der Waals surface area contributed by atoms with Crippen molar-refractivity contribution in [2.45, 2.75) is 20.5 Å². The SMILES string of the molecule is Cc1ccc(-c2cccc(Cl)c2)cc1OCc1c(C)cccc1-n1nnn(C)c1=O. The van der Waals surface area contributed by atoms with Gasteiger partial charge in [-0.05, 0) is 70.8 Å². The van der Waals surface area contributed by atoms with Gasteiger partial charge in [0, 0.05) is 17.6 Å². The molecule has 0 amide bonds. The van der Waals surface area contributed by atoms with Gasteiger partial charge in [-0.3, -0.25) is 0 Å². The molecule has 4 rings (SSSR count). The van der Waals surface area contributed by atoms with Gasteiger partial charge in [-0.25, -0.2) is 4.79 Å². The zero-order chi connectivity index (χ0) is 21.3. The molecule has 0 unspecified atom stereocenters. The molecule has 1 aromatic heterocycles. The normalized spacial score (nSPS) is 10.9. The third-order valence-corrected chi connectivity index (χ3v) is 5.29. The van der Waals surface area contributed by atoms with Crippen LogP contribution in [0.2, 0.25) is 5.02 Å². The molecule has 0 saturated heterocycles. The topological polar surface area (TPSA) is 61.9 Å². The minimum Gasteiger partial charge on any atom is -0.489 e. The summed E-state index contributed by atoms with van der Waals surface area (Å²) in [5.41, 5.74) is 5.31. The van der Waals surface area contributed by atoms with Crippen molar-refractivity contribution < 1.29 is 4.74 Å². The first-order chi connectivity index (χ1) is 14.4. The second kappa shape index (κ2) is 8.16. The van der Waals surface area contributed by atoms with E-state index in [1.807, 2.05) is 74.5 Å². The first kappa shape index (κ1) is 19.9. The first-order valence-electron chi connectivity index (χ1n) is 9.51. The summed E-state index contributed by atoms with van der Waals surface area (Å²) in [6.07, 6.45) is 0. The van der Waals surface area contributed by atoms with Gasteiger partial charge in [0.15, 0.2) is 0 Å². The summed E-state index contributed by atoms with van der Waals surface area (Å²) in [5.74, 6) is 0.771. The van der Waals surface area contributed by atoms with E-state index in [2.05, 4.69) is 10.4 Å². The lowest BCUT2D eigenvalue weighted by molar-refractivity contribution is 0.303. The molecule has 0 radical (unpaired) electrons. The quantitative estimate of drug-likeness (QED) is 0.477. The number of aromatic nitrogens is 4. The van der Waals surface area contributed by atoms with Crippen LogP contribution in [0.5, 0.6) is 5.75 Å². The molecule has 0 N–H and O–H groups in total. The van der Waals surface area contributed by atoms with Crippen LogP contribution in [-0.2, 0) is 13.7 Å². The highest BCUT2D eigenvalue weighted by Gasteiger charge is 2.14. The predicted octanol–water partition coefficient (Wildman–Crippen LogP) is 4.48. The number of tetrazole rings is 1. The Balaban J connectivity index is 1.67. The van der Waals surface area contributed by atoms with E-state index in [0.29, 0.717) is 17.3 Å². The number of benzene rings is 3. The molecule has 4 aromatic rings. The first-order valence-corrected chi connectivity index (χ1v) is 9.89. The Kier molecular flexibility index (Phi) is 5.42. The molecule has 0 saturated carbocycles. The van der Waals surface area contributed by atoms with E-state index in [-0.39, 0.29) is 5.69 Å². The Bertz CT molecular complexity index is 1280. The molecule has 1 heterocycles. The van der Waals surface area contributed by atoms with Crippen LogP contribution in [0.4, 0.5) is 0 Å². The predicted molar refractivity (Wildman–Crippen MR) is 117 cm³/mol. The van der Waals surface area contributed by atoms with Crippen molar-refractivity contribution >= 4 is 11.6 Å². The number of hydrogen-bond acceptors (Lipinski definition) is 4. The summed E-state index contributed by atoms with van der Waals surface area (Å²) in [4.78, 5) is 12.3. The van der Waals surface area contributed by atoms with Crippen LogP contribution in [0.15, 0.2) is 65.5 Å². The van der Waals surface area contributed by atoms with Crippen LogP contribution in [0, 0.1) is 13.8 Å². The van der Waals surface area contributed by atoms with Gasteiger partial charge in [-0.1, -0.05) is 48.0 Å². The summed E-state index contributed by atoms with van der Waals surface area (Å²) in [5, 5.41) is 8.47. The number of rotatable bonds is 5. The minimum atomic E-state index is -0.305. The summed E-state index contributed by atoms with van der Waals surface area (Å²) >= 11 is 6.14. The van der Waals surface area contributed by atoms with Crippen LogP contribution in [0.1, 0.15) is 16.7 Å². The number of halogens is 1. The maximum Gasteiger partial charge on any atom is 0.368 e. The smallest absolute Gasteiger partial charge is 0.368 e. The average Bonchev–Trinajstić information content (AvgIpc) is 3.06. The van der Waals surface area contributed by atoms with Gasteiger partial charge in [0.25, 0.3) is 0 Å². The molecule has 30 heavy (non-hydrogen) atoms. The zero-order valence-electron chi connectivity index (χ0n) is 17.0. The molecule has 6 nitrogen and oxygen atoms in total. The van der Waals surface area contributed by atoms with E-state index < -0.39 is 0 Å². The number of nitrogens with zero attached hydrogens (tertiary/aromatic N) is 4. The molecular formula is C23H21ClN4O2. The second-order valence-electron chi connectivity index (χ2n) is 7.15. The maximum absolute atomic E-state index is 12.3. The van der Waals surface area contributed by atoms with Gasteiger partial charge < -0.3 is 4.74 Å². The lowest BCUT2D eigenvalue weighted by atomic mass is 10.0. The number of hydrogen-bond donors (Lipinski definition) is 0. The summed E-state index contributed by atoms with van der Waals surface area (Å²) in [7, 11) is 1.57. The molecular weight excluding hydrogens is 400 g/mol. The third kappa shape index (κ3) is 3.86. The number of ether oxygens (including phenoxy) is 1. The van der Waals surface area contributed by atoms with Gasteiger partial charge >= 0.3 is 5.69 Å². The van der Waals surface area contributed by atoms with Crippen molar-refractivity contribution in [2.75, 3.05) is 0 Å². The fourth-order valence-corrected chi connectivity index (χ4v) is 3.48. The van der Waals surface area contributed by atoms with Crippen LogP contribution >= 0.6 is 11.6 Å². The van der Waals surface area contributed by atoms with E-state index in [1.165, 1.54) is 9.36 Å². The van der Waals surface area contributed by atoms with Crippen LogP contribution in [0.3, 0.4) is 0 Å². The Morgan fingerprint density at radius 3 is 2.43 bits per heavy atom. The molecule has 7 heteroatoms. The van der Waals surface area contributed by atoms with Gasteiger partial charge in [0.1, 0.15) is 12.4 Å².